The lowest BCUT2D eigenvalue weighted by Crippen LogP contribution is -2.39. The van der Waals surface area contributed by atoms with Gasteiger partial charge in [0.05, 0.1) is 0 Å². The minimum atomic E-state index is 0. The van der Waals surface area contributed by atoms with E-state index in [0.29, 0.717) is 6.79 Å². The summed E-state index contributed by atoms with van der Waals surface area (Å²) >= 11 is 0. The Morgan fingerprint density at radius 1 is 1.17 bits per heavy atom. The molecular weight excluding hydrogens is 479 g/mol. The zero-order chi connectivity index (χ0) is 19.3. The number of benzene rings is 2. The van der Waals surface area contributed by atoms with Crippen LogP contribution in [0.25, 0.3) is 10.9 Å². The highest BCUT2D eigenvalue weighted by molar-refractivity contribution is 14.0. The number of para-hydroxylation sites is 1. The second kappa shape index (κ2) is 9.87. The zero-order valence-electron chi connectivity index (χ0n) is 16.8. The molecule has 1 aromatic heterocycles. The van der Waals surface area contributed by atoms with Crippen molar-refractivity contribution >= 4 is 40.8 Å². The normalized spacial score (nSPS) is 12.7. The third kappa shape index (κ3) is 4.95. The highest BCUT2D eigenvalue weighted by Gasteiger charge is 2.14. The van der Waals surface area contributed by atoms with E-state index in [2.05, 4.69) is 56.7 Å². The predicted molar refractivity (Wildman–Crippen MR) is 127 cm³/mol. The summed E-state index contributed by atoms with van der Waals surface area (Å²) in [5, 5.41) is 4.77. The number of H-pyrrole nitrogens is 1. The molecule has 29 heavy (non-hydrogen) atoms. The molecule has 0 bridgehead atoms. The van der Waals surface area contributed by atoms with Gasteiger partial charge >= 0.3 is 0 Å². The summed E-state index contributed by atoms with van der Waals surface area (Å²) in [6.07, 6.45) is 4.18. The van der Waals surface area contributed by atoms with Crippen molar-refractivity contribution < 1.29 is 9.47 Å². The number of guanidine groups is 1. The maximum atomic E-state index is 5.46. The molecule has 0 atom stereocenters. The van der Waals surface area contributed by atoms with Crippen LogP contribution in [0.3, 0.4) is 0 Å². The molecule has 0 spiro atoms. The number of aromatic nitrogens is 1. The number of nitrogens with zero attached hydrogens (tertiary/aromatic N) is 2. The van der Waals surface area contributed by atoms with Gasteiger partial charge in [-0.1, -0.05) is 24.3 Å². The van der Waals surface area contributed by atoms with E-state index in [1.54, 1.807) is 0 Å². The molecule has 2 aromatic carbocycles. The van der Waals surface area contributed by atoms with Crippen molar-refractivity contribution in [3.05, 3.63) is 59.8 Å². The van der Waals surface area contributed by atoms with Crippen LogP contribution in [0.5, 0.6) is 11.5 Å². The van der Waals surface area contributed by atoms with E-state index in [-0.39, 0.29) is 24.0 Å². The highest BCUT2D eigenvalue weighted by atomic mass is 127. The fourth-order valence-electron chi connectivity index (χ4n) is 3.59. The molecule has 0 radical (unpaired) electrons. The van der Waals surface area contributed by atoms with Crippen LogP contribution in [-0.4, -0.2) is 43.3 Å². The zero-order valence-corrected chi connectivity index (χ0v) is 19.1. The molecular formula is C22H27IN4O2. The van der Waals surface area contributed by atoms with Gasteiger partial charge in [-0.2, -0.15) is 0 Å². The maximum absolute atomic E-state index is 5.46. The minimum absolute atomic E-state index is 0. The van der Waals surface area contributed by atoms with Gasteiger partial charge in [-0.05, 0) is 42.2 Å². The molecule has 6 nitrogen and oxygen atoms in total. The molecule has 1 aliphatic heterocycles. The van der Waals surface area contributed by atoms with E-state index < -0.39 is 0 Å². The molecule has 2 N–H and O–H groups in total. The quantitative estimate of drug-likeness (QED) is 0.228. The Bertz CT molecular complexity index is 986. The minimum Gasteiger partial charge on any atom is -0.454 e. The molecule has 7 heteroatoms. The van der Waals surface area contributed by atoms with Crippen LogP contribution in [0.1, 0.15) is 17.5 Å². The summed E-state index contributed by atoms with van der Waals surface area (Å²) in [5.41, 5.74) is 3.72. The van der Waals surface area contributed by atoms with Gasteiger partial charge < -0.3 is 24.7 Å². The van der Waals surface area contributed by atoms with Gasteiger partial charge in [0, 0.05) is 44.3 Å². The number of aryl methyl sites for hydroxylation is 1. The summed E-state index contributed by atoms with van der Waals surface area (Å²) < 4.78 is 10.8. The summed E-state index contributed by atoms with van der Waals surface area (Å²) in [5.74, 6) is 2.51. The van der Waals surface area contributed by atoms with E-state index in [0.717, 1.165) is 49.0 Å². The number of hydrogen-bond acceptors (Lipinski definition) is 3. The van der Waals surface area contributed by atoms with E-state index in [4.69, 9.17) is 9.47 Å². The maximum Gasteiger partial charge on any atom is 0.231 e. The second-order valence-corrected chi connectivity index (χ2v) is 6.98. The van der Waals surface area contributed by atoms with Gasteiger partial charge in [0.25, 0.3) is 0 Å². The summed E-state index contributed by atoms with van der Waals surface area (Å²) in [4.78, 5) is 9.87. The van der Waals surface area contributed by atoms with E-state index >= 15 is 0 Å². The topological polar surface area (TPSA) is 61.9 Å². The first kappa shape index (κ1) is 21.3. The molecule has 3 aromatic rings. The molecule has 1 aliphatic rings. The fourth-order valence-corrected chi connectivity index (χ4v) is 3.59. The van der Waals surface area contributed by atoms with Crippen molar-refractivity contribution in [2.75, 3.05) is 27.4 Å². The van der Waals surface area contributed by atoms with Gasteiger partial charge in [-0.15, -0.1) is 24.0 Å². The summed E-state index contributed by atoms with van der Waals surface area (Å²) in [6, 6.07) is 14.5. The van der Waals surface area contributed by atoms with Gasteiger partial charge in [-0.25, -0.2) is 0 Å². The Morgan fingerprint density at radius 2 is 2.00 bits per heavy atom. The van der Waals surface area contributed by atoms with Crippen LogP contribution >= 0.6 is 24.0 Å². The first-order chi connectivity index (χ1) is 13.7. The number of nitrogens with one attached hydrogen (secondary N) is 2. The molecule has 4 rings (SSSR count). The Kier molecular flexibility index (Phi) is 7.24. The lowest BCUT2D eigenvalue weighted by Gasteiger charge is -2.22. The molecule has 0 saturated carbocycles. The average molecular weight is 506 g/mol. The number of rotatable bonds is 6. The van der Waals surface area contributed by atoms with Crippen molar-refractivity contribution in [2.24, 2.45) is 4.99 Å². The number of fused-ring (bicyclic) bond motifs is 2. The number of ether oxygens (including phenoxy) is 2. The van der Waals surface area contributed by atoms with E-state index in [1.165, 1.54) is 16.5 Å². The van der Waals surface area contributed by atoms with Crippen LogP contribution in [0, 0.1) is 0 Å². The second-order valence-electron chi connectivity index (χ2n) is 6.98. The SMILES string of the molecule is CN=C(NCCCc1c[nH]c2ccccc12)N(C)Cc1ccc2c(c1)OCO2.I. The Hall–Kier alpha value is -2.42. The smallest absolute Gasteiger partial charge is 0.231 e. The first-order valence-corrected chi connectivity index (χ1v) is 9.60. The first-order valence-electron chi connectivity index (χ1n) is 9.60. The van der Waals surface area contributed by atoms with E-state index in [9.17, 15) is 0 Å². The van der Waals surface area contributed by atoms with Crippen molar-refractivity contribution in [3.63, 3.8) is 0 Å². The molecule has 2 heterocycles. The Morgan fingerprint density at radius 3 is 2.86 bits per heavy atom. The molecule has 0 fully saturated rings. The Balaban J connectivity index is 0.00000240. The fraction of sp³-hybridized carbons (Fsp3) is 0.318. The van der Waals surface area contributed by atoms with Crippen molar-refractivity contribution in [1.82, 2.24) is 15.2 Å². The monoisotopic (exact) mass is 506 g/mol. The van der Waals surface area contributed by atoms with Crippen molar-refractivity contribution in [3.8, 4) is 11.5 Å². The van der Waals surface area contributed by atoms with Crippen LogP contribution in [0.2, 0.25) is 0 Å². The summed E-state index contributed by atoms with van der Waals surface area (Å²) in [6.45, 7) is 1.92. The number of hydrogen-bond donors (Lipinski definition) is 2. The number of aromatic amines is 1. The van der Waals surface area contributed by atoms with Gasteiger partial charge in [-0.3, -0.25) is 4.99 Å². The molecule has 0 unspecified atom stereocenters. The standard InChI is InChI=1S/C22H26N4O2.HI/c1-23-22(26(2)14-16-9-10-20-21(12-16)28-15-27-20)24-11-5-6-17-13-25-19-8-4-3-7-18(17)19;/h3-4,7-10,12-13,25H,5-6,11,14-15H2,1-2H3,(H,23,24);1H. The number of halogens is 1. The third-order valence-corrected chi connectivity index (χ3v) is 5.01. The summed E-state index contributed by atoms with van der Waals surface area (Å²) in [7, 11) is 3.86. The average Bonchev–Trinajstić information content (AvgIpc) is 3.34. The predicted octanol–water partition coefficient (Wildman–Crippen LogP) is 4.15. The van der Waals surface area contributed by atoms with Gasteiger partial charge in [0.15, 0.2) is 17.5 Å². The van der Waals surface area contributed by atoms with Crippen LogP contribution < -0.4 is 14.8 Å². The van der Waals surface area contributed by atoms with Crippen LogP contribution in [-0.2, 0) is 13.0 Å². The molecule has 154 valence electrons. The Labute approximate surface area is 188 Å². The van der Waals surface area contributed by atoms with Crippen LogP contribution in [0.4, 0.5) is 0 Å². The van der Waals surface area contributed by atoms with Crippen molar-refractivity contribution in [2.45, 2.75) is 19.4 Å². The van der Waals surface area contributed by atoms with Crippen molar-refractivity contribution in [1.29, 1.82) is 0 Å². The van der Waals surface area contributed by atoms with Gasteiger partial charge in [0.2, 0.25) is 6.79 Å². The van der Waals surface area contributed by atoms with Crippen LogP contribution in [0.15, 0.2) is 53.7 Å². The third-order valence-electron chi connectivity index (χ3n) is 5.01. The molecule has 0 aliphatic carbocycles. The molecule has 0 amide bonds. The number of aliphatic imine (C=N–C) groups is 1. The largest absolute Gasteiger partial charge is 0.454 e. The highest BCUT2D eigenvalue weighted by Crippen LogP contribution is 2.32. The lowest BCUT2D eigenvalue weighted by molar-refractivity contribution is 0.174. The van der Waals surface area contributed by atoms with E-state index in [1.807, 2.05) is 26.2 Å². The lowest BCUT2D eigenvalue weighted by atomic mass is 10.1. The van der Waals surface area contributed by atoms with Gasteiger partial charge in [0.1, 0.15) is 0 Å². The molecule has 0 saturated heterocycles.